The molecule has 8 bridgehead atoms. The van der Waals surface area contributed by atoms with Crippen molar-refractivity contribution >= 4 is 69.1 Å². The molecule has 4 aromatic heterocycles. The van der Waals surface area contributed by atoms with Gasteiger partial charge < -0.3 is 49.7 Å². The Morgan fingerprint density at radius 1 is 0.671 bits per heavy atom. The second-order valence-electron chi connectivity index (χ2n) is 23.6. The van der Waals surface area contributed by atoms with Gasteiger partial charge in [-0.1, -0.05) is 39.5 Å². The Labute approximate surface area is 459 Å². The largest absolute Gasteiger partial charge is 0.508 e. The second kappa shape index (κ2) is 21.5. The Hall–Kier alpha value is -6.47. The van der Waals surface area contributed by atoms with Crippen molar-refractivity contribution in [2.45, 2.75) is 165 Å². The van der Waals surface area contributed by atoms with E-state index >= 15 is 0 Å². The smallest absolute Gasteiger partial charge is 0.458 e. The number of esters is 1. The first-order valence-electron chi connectivity index (χ1n) is 26.9. The zero-order chi connectivity index (χ0) is 56.3. The van der Waals surface area contributed by atoms with Gasteiger partial charge >= 0.3 is 30.4 Å². The molecule has 2 saturated heterocycles. The molecular formula is C54H65ClF2N10O12. The van der Waals surface area contributed by atoms with Crippen LogP contribution < -0.4 is 11.5 Å². The van der Waals surface area contributed by atoms with Crippen molar-refractivity contribution in [3.8, 4) is 24.7 Å². The maximum absolute atomic E-state index is 14.0. The molecule has 5 N–H and O–H groups in total. The molecule has 79 heavy (non-hydrogen) atoms. The quantitative estimate of drug-likeness (QED) is 0.0438. The molecule has 0 unspecified atom stereocenters. The highest BCUT2D eigenvalue weighted by Crippen LogP contribution is 2.58. The van der Waals surface area contributed by atoms with E-state index < -0.39 is 90.0 Å². The lowest BCUT2D eigenvalue weighted by atomic mass is 9.54. The molecule has 6 heterocycles. The number of hydrogen-bond donors (Lipinski definition) is 3. The maximum Gasteiger partial charge on any atom is 0.508 e. The molecule has 0 amide bonds. The Bertz CT molecular complexity index is 3040. The molecular weight excluding hydrogens is 1050 g/mol. The lowest BCUT2D eigenvalue weighted by Gasteiger charge is -2.55. The number of imidazole rings is 2. The average Bonchev–Trinajstić information content (AvgIpc) is 4.27. The van der Waals surface area contributed by atoms with E-state index in [2.05, 4.69) is 41.7 Å². The first kappa shape index (κ1) is 55.8. The van der Waals surface area contributed by atoms with E-state index in [1.807, 2.05) is 0 Å². The Morgan fingerprint density at radius 2 is 1.05 bits per heavy atom. The number of fused-ring (bicyclic) bond motifs is 2. The summed E-state index contributed by atoms with van der Waals surface area (Å²) in [4.78, 5) is 70.9. The summed E-state index contributed by atoms with van der Waals surface area (Å²) < 4.78 is 71.3. The number of hydrogen-bond acceptors (Lipinski definition) is 20. The monoisotopic (exact) mass is 1120 g/mol. The van der Waals surface area contributed by atoms with Gasteiger partial charge in [0, 0.05) is 18.8 Å². The first-order chi connectivity index (χ1) is 37.5. The number of ether oxygens (including phenoxy) is 7. The summed E-state index contributed by atoms with van der Waals surface area (Å²) >= 11 is 4.97. The summed E-state index contributed by atoms with van der Waals surface area (Å²) in [6.07, 6.45) is 19.5. The molecule has 25 heteroatoms. The molecule has 10 fully saturated rings. The number of halogens is 3. The van der Waals surface area contributed by atoms with Crippen LogP contribution in [0.5, 0.6) is 0 Å². The molecule has 0 aromatic carbocycles. The number of nitrogens with zero attached hydrogens (tertiary/aromatic N) is 8. The molecule has 6 atom stereocenters. The topological polar surface area (TPSA) is 292 Å². The van der Waals surface area contributed by atoms with Crippen molar-refractivity contribution in [1.29, 1.82) is 0 Å². The standard InChI is InChI=1S/C27H32FN5O6.C23H26FN5O5.C4H7ClO/c1-4-27(12-36-25(35)39-26-9-15-5-16(10-26)7-17(6-15)11-26)18(37-23(34)14(2)3)8-19(38-27)33-13-30-20-21(29)31-24(28)32-22(20)33;1-2-23(10-32-21(31)34-22-7-12-3-13(8-22)5-14(4-12)9-22)15(30)6-16(33-23)29-11-26-17-18(25)27-20(24)28-19(17)29;1-3(2)4(5)6/h1,13-19H,5-12H2,2-3H3,(H2,29,31,32);1,11-16,30H,3-10H2,(H2,25,27,28);3H,1-2H3/t15?,16?,17?,18-,19+,26?,27+;12?,13?,14?,15-,16+,22?,23+;/m00./s1. The fourth-order valence-corrected chi connectivity index (χ4v) is 14.1. The number of aliphatic hydroxyl groups excluding tert-OH is 1. The van der Waals surface area contributed by atoms with Gasteiger partial charge in [-0.3, -0.25) is 18.7 Å². The van der Waals surface area contributed by atoms with E-state index in [1.165, 1.54) is 60.3 Å². The van der Waals surface area contributed by atoms with Gasteiger partial charge in [-0.2, -0.15) is 28.7 Å². The summed E-state index contributed by atoms with van der Waals surface area (Å²) in [5.74, 6) is 7.42. The van der Waals surface area contributed by atoms with Crippen LogP contribution in [-0.4, -0.2) is 115 Å². The highest BCUT2D eigenvalue weighted by molar-refractivity contribution is 6.63. The Morgan fingerprint density at radius 3 is 1.43 bits per heavy atom. The van der Waals surface area contributed by atoms with E-state index in [9.17, 15) is 33.1 Å². The number of anilines is 2. The van der Waals surface area contributed by atoms with Crippen LogP contribution >= 0.6 is 11.6 Å². The number of aliphatic hydroxyl groups is 1. The van der Waals surface area contributed by atoms with Crippen molar-refractivity contribution in [2.75, 3.05) is 24.7 Å². The van der Waals surface area contributed by atoms with E-state index in [0.29, 0.717) is 35.5 Å². The normalized spacial score (nSPS) is 34.3. The number of rotatable bonds is 11. The van der Waals surface area contributed by atoms with E-state index in [1.54, 1.807) is 27.7 Å². The lowest BCUT2D eigenvalue weighted by molar-refractivity contribution is -0.167. The van der Waals surface area contributed by atoms with Crippen LogP contribution in [0.25, 0.3) is 22.3 Å². The fourth-order valence-electron chi connectivity index (χ4n) is 14.1. The van der Waals surface area contributed by atoms with Gasteiger partial charge in [0.05, 0.1) is 18.6 Å². The van der Waals surface area contributed by atoms with Gasteiger partial charge in [-0.15, -0.1) is 12.8 Å². The predicted molar refractivity (Wildman–Crippen MR) is 275 cm³/mol. The van der Waals surface area contributed by atoms with E-state index in [-0.39, 0.29) is 64.6 Å². The number of carbonyl (C=O) groups is 4. The third-order valence-corrected chi connectivity index (χ3v) is 17.5. The van der Waals surface area contributed by atoms with Crippen LogP contribution in [0.1, 0.15) is 130 Å². The van der Waals surface area contributed by atoms with Gasteiger partial charge in [0.15, 0.2) is 39.6 Å². The second-order valence-corrected chi connectivity index (χ2v) is 24.0. The van der Waals surface area contributed by atoms with Gasteiger partial charge in [0.2, 0.25) is 10.8 Å². The zero-order valence-corrected chi connectivity index (χ0v) is 45.1. The Balaban J connectivity index is 0.000000163. The minimum atomic E-state index is -1.62. The minimum Gasteiger partial charge on any atom is -0.458 e. The maximum atomic E-state index is 14.0. The molecule has 4 aromatic rings. The van der Waals surface area contributed by atoms with Gasteiger partial charge in [0.25, 0.3) is 0 Å². The third-order valence-electron chi connectivity index (χ3n) is 17.1. The molecule has 2 aliphatic heterocycles. The zero-order valence-electron chi connectivity index (χ0n) is 44.4. The van der Waals surface area contributed by atoms with Crippen LogP contribution in [0, 0.1) is 84.2 Å². The van der Waals surface area contributed by atoms with Crippen LogP contribution in [-0.2, 0) is 42.7 Å². The molecule has 8 aliphatic carbocycles. The average molecular weight is 1120 g/mol. The third kappa shape index (κ3) is 11.2. The van der Waals surface area contributed by atoms with Crippen LogP contribution in [0.3, 0.4) is 0 Å². The van der Waals surface area contributed by atoms with E-state index in [0.717, 1.165) is 38.5 Å². The SMILES string of the molecule is C#C[C@]1(COC(=O)OC23CC4CC(CC(C4)C2)C3)O[C@@H](n2cnc3c(N)nc(F)nc32)C[C@@H]1O.C#C[C@]1(COC(=O)OC23CC4CC(CC(C4)C2)C3)O[C@@H](n2cnc3c(N)nc(F)nc32)C[C@@H]1OC(=O)C(C)C.CC(C)C(=O)Cl. The van der Waals surface area contributed by atoms with Crippen molar-refractivity contribution in [3.05, 3.63) is 24.8 Å². The Kier molecular flexibility index (Phi) is 15.2. The summed E-state index contributed by atoms with van der Waals surface area (Å²) in [5.41, 5.74) is 7.94. The number of carbonyl (C=O) groups excluding carboxylic acids is 4. The summed E-state index contributed by atoms with van der Waals surface area (Å²) in [7, 11) is 0. The van der Waals surface area contributed by atoms with Gasteiger partial charge in [-0.25, -0.2) is 19.6 Å². The lowest BCUT2D eigenvalue weighted by Crippen LogP contribution is -2.53. The minimum absolute atomic E-state index is 0.0216. The van der Waals surface area contributed by atoms with E-state index in [4.69, 9.17) is 69.1 Å². The van der Waals surface area contributed by atoms with Crippen molar-refractivity contribution < 1.29 is 66.2 Å². The molecule has 0 radical (unpaired) electrons. The highest BCUT2D eigenvalue weighted by Gasteiger charge is 2.57. The molecule has 22 nitrogen and oxygen atoms in total. The van der Waals surface area contributed by atoms with Crippen LogP contribution in [0.2, 0.25) is 0 Å². The first-order valence-corrected chi connectivity index (χ1v) is 27.3. The molecule has 8 saturated carbocycles. The van der Waals surface area contributed by atoms with Gasteiger partial charge in [-0.05, 0) is 124 Å². The number of aromatic nitrogens is 8. The summed E-state index contributed by atoms with van der Waals surface area (Å²) in [6.45, 7) is 6.12. The number of terminal acetylenes is 2. The molecule has 0 spiro atoms. The summed E-state index contributed by atoms with van der Waals surface area (Å²) in [5, 5.41) is 10.5. The number of nitrogens with two attached hydrogens (primary N) is 2. The van der Waals surface area contributed by atoms with Crippen LogP contribution in [0.15, 0.2) is 12.7 Å². The molecule has 14 rings (SSSR count). The van der Waals surface area contributed by atoms with Gasteiger partial charge in [0.1, 0.15) is 49.1 Å². The summed E-state index contributed by atoms with van der Waals surface area (Å²) in [6, 6.07) is 0. The number of nitrogen functional groups attached to an aromatic ring is 2. The molecule has 10 aliphatic rings. The van der Waals surface area contributed by atoms with Crippen molar-refractivity contribution in [1.82, 2.24) is 39.0 Å². The predicted octanol–water partition coefficient (Wildman–Crippen LogP) is 7.26. The van der Waals surface area contributed by atoms with Crippen molar-refractivity contribution in [2.24, 2.45) is 47.3 Å². The van der Waals surface area contributed by atoms with Crippen LogP contribution in [0.4, 0.5) is 30.0 Å². The fraction of sp³-hybridized carbons (Fsp3) is 0.667. The van der Waals surface area contributed by atoms with Crippen molar-refractivity contribution in [3.63, 3.8) is 0 Å². The highest BCUT2D eigenvalue weighted by atomic mass is 35.5. The molecule has 424 valence electrons.